The quantitative estimate of drug-likeness (QED) is 0.899. The van der Waals surface area contributed by atoms with Gasteiger partial charge >= 0.3 is 0 Å². The summed E-state index contributed by atoms with van der Waals surface area (Å²) in [6.45, 7) is 0.756. The number of carbonyl (C=O) groups is 1. The molecule has 1 aromatic carbocycles. The number of nitrogens with one attached hydrogen (secondary N) is 1. The molecule has 1 fully saturated rings. The molecule has 0 spiro atoms. The Balaban J connectivity index is 1.51. The van der Waals surface area contributed by atoms with E-state index >= 15 is 0 Å². The summed E-state index contributed by atoms with van der Waals surface area (Å²) in [6.07, 6.45) is 11.5. The number of hydrogen-bond donors (Lipinski definition) is 1. The highest BCUT2D eigenvalue weighted by atomic mass is 16.1. The summed E-state index contributed by atoms with van der Waals surface area (Å²) in [5, 5.41) is 4.48. The zero-order valence-corrected chi connectivity index (χ0v) is 13.3. The smallest absolute Gasteiger partial charge is 0.222 e. The molecule has 1 saturated carbocycles. The van der Waals surface area contributed by atoms with Crippen LogP contribution in [0.15, 0.2) is 36.5 Å². The van der Waals surface area contributed by atoms with Crippen LogP contribution in [0.3, 0.4) is 0 Å². The summed E-state index contributed by atoms with van der Waals surface area (Å²) >= 11 is 0. The molecule has 118 valence electrons. The molecule has 0 aliphatic heterocycles. The zero-order chi connectivity index (χ0) is 15.2. The molecule has 22 heavy (non-hydrogen) atoms. The van der Waals surface area contributed by atoms with Gasteiger partial charge in [0.25, 0.3) is 0 Å². The lowest BCUT2D eigenvalue weighted by Gasteiger charge is -2.21. The summed E-state index contributed by atoms with van der Waals surface area (Å²) in [6, 6.07) is 10.8. The third-order valence-corrected chi connectivity index (χ3v) is 4.73. The van der Waals surface area contributed by atoms with Crippen molar-refractivity contribution in [2.75, 3.05) is 0 Å². The van der Waals surface area contributed by atoms with Crippen LogP contribution in [0, 0.1) is 0 Å². The van der Waals surface area contributed by atoms with Crippen molar-refractivity contribution in [3.63, 3.8) is 0 Å². The molecule has 1 heterocycles. The minimum absolute atomic E-state index is 0.198. The van der Waals surface area contributed by atoms with Crippen LogP contribution in [-0.4, -0.2) is 16.5 Å². The first-order valence-electron chi connectivity index (χ1n) is 8.66. The minimum Gasteiger partial charge on any atom is -0.353 e. The zero-order valence-electron chi connectivity index (χ0n) is 13.3. The number of carbonyl (C=O) groups excluding carboxylic acids is 1. The molecule has 3 heteroatoms. The fraction of sp³-hybridized carbons (Fsp3) is 0.526. The van der Waals surface area contributed by atoms with Gasteiger partial charge in [-0.1, -0.05) is 50.3 Å². The van der Waals surface area contributed by atoms with Crippen molar-refractivity contribution in [2.24, 2.45) is 0 Å². The number of nitrogens with zero attached hydrogens (tertiary/aromatic N) is 1. The van der Waals surface area contributed by atoms with Crippen LogP contribution >= 0.6 is 0 Å². The van der Waals surface area contributed by atoms with Gasteiger partial charge in [0.1, 0.15) is 0 Å². The van der Waals surface area contributed by atoms with E-state index in [4.69, 9.17) is 0 Å². The number of aromatic nitrogens is 1. The number of fused-ring (bicyclic) bond motifs is 1. The molecule has 1 N–H and O–H groups in total. The summed E-state index contributed by atoms with van der Waals surface area (Å²) < 4.78 is 2.17. The highest BCUT2D eigenvalue weighted by Crippen LogP contribution is 2.18. The van der Waals surface area contributed by atoms with Crippen LogP contribution < -0.4 is 5.32 Å². The molecule has 3 nitrogen and oxygen atoms in total. The van der Waals surface area contributed by atoms with Crippen molar-refractivity contribution in [1.82, 2.24) is 9.88 Å². The van der Waals surface area contributed by atoms with Crippen LogP contribution in [-0.2, 0) is 11.3 Å². The van der Waals surface area contributed by atoms with Gasteiger partial charge in [-0.3, -0.25) is 4.79 Å². The van der Waals surface area contributed by atoms with Gasteiger partial charge in [0.15, 0.2) is 0 Å². The molecule has 0 bridgehead atoms. The molecule has 1 amide bonds. The summed E-state index contributed by atoms with van der Waals surface area (Å²) in [7, 11) is 0. The van der Waals surface area contributed by atoms with Crippen LogP contribution in [0.25, 0.3) is 10.9 Å². The molecule has 0 unspecified atom stereocenters. The summed E-state index contributed by atoms with van der Waals surface area (Å²) in [4.78, 5) is 12.2. The fourth-order valence-electron chi connectivity index (χ4n) is 3.46. The van der Waals surface area contributed by atoms with Crippen molar-refractivity contribution in [3.8, 4) is 0 Å². The Morgan fingerprint density at radius 3 is 2.59 bits per heavy atom. The molecule has 1 aliphatic carbocycles. The van der Waals surface area contributed by atoms with Crippen molar-refractivity contribution in [1.29, 1.82) is 0 Å². The van der Waals surface area contributed by atoms with E-state index in [1.165, 1.54) is 43.0 Å². The topological polar surface area (TPSA) is 34.0 Å². The van der Waals surface area contributed by atoms with E-state index in [1.54, 1.807) is 0 Å². The normalized spacial score (nSPS) is 17.1. The van der Waals surface area contributed by atoms with Gasteiger partial charge in [-0.05, 0) is 30.4 Å². The molecule has 0 atom stereocenters. The summed E-state index contributed by atoms with van der Waals surface area (Å²) in [5.74, 6) is 0.198. The van der Waals surface area contributed by atoms with E-state index in [2.05, 4.69) is 34.3 Å². The van der Waals surface area contributed by atoms with Gasteiger partial charge in [0.05, 0.1) is 0 Å². The second kappa shape index (κ2) is 7.48. The molecular formula is C19H26N2O. The second-order valence-electron chi connectivity index (χ2n) is 6.43. The van der Waals surface area contributed by atoms with E-state index < -0.39 is 0 Å². The minimum atomic E-state index is 0.198. The molecule has 1 aromatic heterocycles. The van der Waals surface area contributed by atoms with Crippen molar-refractivity contribution < 1.29 is 4.79 Å². The van der Waals surface area contributed by atoms with Crippen LogP contribution in [0.1, 0.15) is 51.4 Å². The average Bonchev–Trinajstić information content (AvgIpc) is 2.91. The van der Waals surface area contributed by atoms with Gasteiger partial charge in [-0.2, -0.15) is 0 Å². The average molecular weight is 298 g/mol. The predicted molar refractivity (Wildman–Crippen MR) is 90.8 cm³/mol. The maximum absolute atomic E-state index is 12.2. The van der Waals surface area contributed by atoms with E-state index in [-0.39, 0.29) is 5.91 Å². The first kappa shape index (κ1) is 15.1. The number of aryl methyl sites for hydroxylation is 1. The largest absolute Gasteiger partial charge is 0.353 e. The second-order valence-corrected chi connectivity index (χ2v) is 6.43. The Labute approximate surface area is 132 Å². The predicted octanol–water partition coefficient (Wildman–Crippen LogP) is 4.26. The van der Waals surface area contributed by atoms with Gasteiger partial charge in [-0.25, -0.2) is 0 Å². The van der Waals surface area contributed by atoms with E-state index in [0.717, 1.165) is 19.4 Å². The van der Waals surface area contributed by atoms with E-state index in [9.17, 15) is 4.79 Å². The van der Waals surface area contributed by atoms with E-state index in [1.807, 2.05) is 12.1 Å². The van der Waals surface area contributed by atoms with Crippen molar-refractivity contribution in [2.45, 2.75) is 64.0 Å². The Morgan fingerprint density at radius 1 is 1.05 bits per heavy atom. The summed E-state index contributed by atoms with van der Waals surface area (Å²) in [5.41, 5.74) is 1.21. The highest BCUT2D eigenvalue weighted by molar-refractivity contribution is 5.80. The SMILES string of the molecule is O=C(CCn1ccc2ccccc21)NC1CCCCCCC1. The van der Waals surface area contributed by atoms with Gasteiger partial charge in [0.2, 0.25) is 5.91 Å². The third-order valence-electron chi connectivity index (χ3n) is 4.73. The molecule has 3 rings (SSSR count). The first-order valence-corrected chi connectivity index (χ1v) is 8.66. The van der Waals surface area contributed by atoms with Gasteiger partial charge < -0.3 is 9.88 Å². The number of para-hydroxylation sites is 1. The van der Waals surface area contributed by atoms with Crippen molar-refractivity contribution in [3.05, 3.63) is 36.5 Å². The van der Waals surface area contributed by atoms with Gasteiger partial charge in [0, 0.05) is 30.7 Å². The molecule has 0 saturated heterocycles. The Bertz CT molecular complexity index is 609. The number of hydrogen-bond acceptors (Lipinski definition) is 1. The highest BCUT2D eigenvalue weighted by Gasteiger charge is 2.14. The van der Waals surface area contributed by atoms with Crippen LogP contribution in [0.5, 0.6) is 0 Å². The molecular weight excluding hydrogens is 272 g/mol. The Hall–Kier alpha value is -1.77. The lowest BCUT2D eigenvalue weighted by Crippen LogP contribution is -2.35. The lowest BCUT2D eigenvalue weighted by atomic mass is 9.96. The van der Waals surface area contributed by atoms with Gasteiger partial charge in [-0.15, -0.1) is 0 Å². The standard InChI is InChI=1S/C19H26N2O/c22-19(20-17-9-4-2-1-3-5-10-17)13-15-21-14-12-16-8-6-7-11-18(16)21/h6-8,11-12,14,17H,1-5,9-10,13,15H2,(H,20,22). The number of benzene rings is 1. The van der Waals surface area contributed by atoms with E-state index in [0.29, 0.717) is 12.5 Å². The number of amides is 1. The maximum atomic E-state index is 12.2. The van der Waals surface area contributed by atoms with Crippen LogP contribution in [0.2, 0.25) is 0 Å². The molecule has 1 aliphatic rings. The Kier molecular flexibility index (Phi) is 5.15. The maximum Gasteiger partial charge on any atom is 0.222 e. The monoisotopic (exact) mass is 298 g/mol. The Morgan fingerprint density at radius 2 is 1.77 bits per heavy atom. The number of rotatable bonds is 4. The van der Waals surface area contributed by atoms with Crippen LogP contribution in [0.4, 0.5) is 0 Å². The van der Waals surface area contributed by atoms with Crippen molar-refractivity contribution >= 4 is 16.8 Å². The third kappa shape index (κ3) is 3.90. The molecule has 0 radical (unpaired) electrons. The lowest BCUT2D eigenvalue weighted by molar-refractivity contribution is -0.122. The fourth-order valence-corrected chi connectivity index (χ4v) is 3.46. The first-order chi connectivity index (χ1) is 10.8. The molecule has 2 aromatic rings.